The van der Waals surface area contributed by atoms with Gasteiger partial charge in [-0.2, -0.15) is 0 Å². The number of carbonyl (C=O) groups is 2. The Morgan fingerprint density at radius 3 is 2.45 bits per heavy atom. The van der Waals surface area contributed by atoms with Crippen molar-refractivity contribution in [1.82, 2.24) is 0 Å². The molecule has 0 rings (SSSR count). The summed E-state index contributed by atoms with van der Waals surface area (Å²) in [5.41, 5.74) is 0. The Balaban J connectivity index is -0.000000405. The molecule has 4 nitrogen and oxygen atoms in total. The fourth-order valence-corrected chi connectivity index (χ4v) is 0.226. The normalized spacial score (nSPS) is 10.7. The predicted molar refractivity (Wildman–Crippen MR) is 34.1 cm³/mol. The minimum absolute atomic E-state index is 0. The first-order chi connectivity index (χ1) is 4.57. The summed E-state index contributed by atoms with van der Waals surface area (Å²) in [4.78, 5) is 20.6. The number of aliphatic hydroxyl groups excluding tert-OH is 1. The van der Waals surface area contributed by atoms with Crippen molar-refractivity contribution < 1.29 is 39.7 Å². The van der Waals surface area contributed by atoms with Gasteiger partial charge in [-0.25, -0.2) is 9.59 Å². The van der Waals surface area contributed by atoms with Gasteiger partial charge in [0, 0.05) is 6.08 Å². The third-order valence-corrected chi connectivity index (χ3v) is 0.709. The monoisotopic (exact) mass is 152 g/mol. The molecule has 1 N–H and O–H groups in total. The molecule has 0 aromatic carbocycles. The van der Waals surface area contributed by atoms with Gasteiger partial charge in [-0.15, -0.1) is 0 Å². The molecule has 0 radical (unpaired) electrons. The summed E-state index contributed by atoms with van der Waals surface area (Å²) in [7, 11) is 0. The Morgan fingerprint density at radius 1 is 1.73 bits per heavy atom. The first kappa shape index (κ1) is 13.1. The molecular formula is C6H9LiO4. The molecule has 0 heterocycles. The zero-order valence-electron chi connectivity index (χ0n) is 7.53. The van der Waals surface area contributed by atoms with Crippen molar-refractivity contribution in [2.75, 3.05) is 0 Å². The van der Waals surface area contributed by atoms with E-state index in [1.165, 1.54) is 6.92 Å². The van der Waals surface area contributed by atoms with Crippen molar-refractivity contribution in [2.45, 2.75) is 13.0 Å². The van der Waals surface area contributed by atoms with Crippen molar-refractivity contribution in [2.24, 2.45) is 0 Å². The van der Waals surface area contributed by atoms with E-state index < -0.39 is 18.0 Å². The van der Waals surface area contributed by atoms with Gasteiger partial charge in [-0.3, -0.25) is 0 Å². The largest absolute Gasteiger partial charge is 1.00 e. The molecule has 0 spiro atoms. The summed E-state index contributed by atoms with van der Waals surface area (Å²) in [5.74, 6) is -1.82. The molecule has 0 aromatic heterocycles. The predicted octanol–water partition coefficient (Wildman–Crippen LogP) is -3.26. The summed E-state index contributed by atoms with van der Waals surface area (Å²) in [6.07, 6.45) is -0.427. The van der Waals surface area contributed by atoms with Crippen LogP contribution in [-0.4, -0.2) is 23.1 Å². The van der Waals surface area contributed by atoms with Crippen LogP contribution in [0.4, 0.5) is 0 Å². The molecule has 11 heavy (non-hydrogen) atoms. The average Bonchev–Trinajstić information content (AvgIpc) is 1.87. The molecule has 0 saturated heterocycles. The van der Waals surface area contributed by atoms with Crippen LogP contribution in [0.5, 0.6) is 0 Å². The van der Waals surface area contributed by atoms with Gasteiger partial charge in [-0.05, 0) is 6.92 Å². The smallest absolute Gasteiger partial charge is 1.00 e. The summed E-state index contributed by atoms with van der Waals surface area (Å²) >= 11 is 0. The standard InChI is InChI=1S/C6H8O4.Li.H/c1-3-5(8)10-6(9)4(2)7;;/h3-4,7H,1H2,2H3;;/q;+1;-1. The van der Waals surface area contributed by atoms with Crippen LogP contribution in [0.25, 0.3) is 0 Å². The van der Waals surface area contributed by atoms with Crippen molar-refractivity contribution >= 4 is 11.9 Å². The van der Waals surface area contributed by atoms with Gasteiger partial charge in [0.1, 0.15) is 6.10 Å². The van der Waals surface area contributed by atoms with Crippen molar-refractivity contribution in [1.29, 1.82) is 0 Å². The minimum atomic E-state index is -1.27. The number of hydrogen-bond donors (Lipinski definition) is 1. The van der Waals surface area contributed by atoms with Crippen LogP contribution in [-0.2, 0) is 14.3 Å². The van der Waals surface area contributed by atoms with E-state index in [0.29, 0.717) is 0 Å². The first-order valence-corrected chi connectivity index (χ1v) is 2.64. The molecule has 1 atom stereocenters. The fourth-order valence-electron chi connectivity index (χ4n) is 0.226. The van der Waals surface area contributed by atoms with Crippen LogP contribution in [0.2, 0.25) is 0 Å². The van der Waals surface area contributed by atoms with Crippen LogP contribution < -0.4 is 18.9 Å². The molecule has 58 valence electrons. The number of carbonyl (C=O) groups excluding carboxylic acids is 2. The van der Waals surface area contributed by atoms with Crippen LogP contribution in [0.15, 0.2) is 12.7 Å². The minimum Gasteiger partial charge on any atom is -1.00 e. The summed E-state index contributed by atoms with van der Waals surface area (Å²) < 4.78 is 4.02. The molecule has 1 unspecified atom stereocenters. The molecule has 0 aliphatic heterocycles. The Morgan fingerprint density at radius 2 is 2.18 bits per heavy atom. The van der Waals surface area contributed by atoms with Gasteiger partial charge in [0.25, 0.3) is 0 Å². The second-order valence-corrected chi connectivity index (χ2v) is 1.62. The van der Waals surface area contributed by atoms with Gasteiger partial charge in [0.05, 0.1) is 0 Å². The van der Waals surface area contributed by atoms with Crippen LogP contribution >= 0.6 is 0 Å². The molecule has 0 amide bonds. The SMILES string of the molecule is C=CC(=O)OC(=O)C(C)O.[H-].[Li+]. The third kappa shape index (κ3) is 5.86. The Labute approximate surface area is 77.9 Å². The maximum atomic E-state index is 10.4. The Bertz CT molecular complexity index is 169. The molecule has 0 aliphatic carbocycles. The molecule has 0 saturated carbocycles. The van der Waals surface area contributed by atoms with Gasteiger partial charge >= 0.3 is 30.8 Å². The van der Waals surface area contributed by atoms with Gasteiger partial charge in [0.2, 0.25) is 0 Å². The zero-order valence-corrected chi connectivity index (χ0v) is 6.53. The summed E-state index contributed by atoms with van der Waals surface area (Å²) in [6, 6.07) is 0. The van der Waals surface area contributed by atoms with Crippen molar-refractivity contribution in [3.63, 3.8) is 0 Å². The van der Waals surface area contributed by atoms with E-state index >= 15 is 0 Å². The summed E-state index contributed by atoms with van der Waals surface area (Å²) in [5, 5.41) is 8.50. The average molecular weight is 152 g/mol. The number of hydrogen-bond acceptors (Lipinski definition) is 4. The second kappa shape index (κ2) is 6.17. The van der Waals surface area contributed by atoms with Gasteiger partial charge in [-0.1, -0.05) is 6.58 Å². The zero-order chi connectivity index (χ0) is 8.15. The maximum Gasteiger partial charge on any atom is 1.00 e. The van der Waals surface area contributed by atoms with Gasteiger partial charge in [0.15, 0.2) is 0 Å². The topological polar surface area (TPSA) is 63.6 Å². The van der Waals surface area contributed by atoms with E-state index in [1.807, 2.05) is 0 Å². The van der Waals surface area contributed by atoms with Crippen LogP contribution in [0.1, 0.15) is 8.35 Å². The second-order valence-electron chi connectivity index (χ2n) is 1.62. The quantitative estimate of drug-likeness (QED) is 0.195. The number of rotatable bonds is 2. The Hall–Kier alpha value is -0.563. The van der Waals surface area contributed by atoms with E-state index in [2.05, 4.69) is 11.3 Å². The fraction of sp³-hybridized carbons (Fsp3) is 0.333. The number of aliphatic hydroxyl groups is 1. The first-order valence-electron chi connectivity index (χ1n) is 2.64. The number of esters is 2. The number of ether oxygens (including phenoxy) is 1. The maximum absolute atomic E-state index is 10.4. The molecular weight excluding hydrogens is 143 g/mol. The molecule has 0 aromatic rings. The van der Waals surface area contributed by atoms with Gasteiger partial charge < -0.3 is 11.3 Å². The van der Waals surface area contributed by atoms with Crippen LogP contribution in [0, 0.1) is 0 Å². The Kier molecular flexibility index (Phi) is 7.32. The summed E-state index contributed by atoms with van der Waals surface area (Å²) in [6.45, 7) is 4.27. The third-order valence-electron chi connectivity index (χ3n) is 0.709. The van der Waals surface area contributed by atoms with E-state index in [0.717, 1.165) is 6.08 Å². The van der Waals surface area contributed by atoms with Crippen molar-refractivity contribution in [3.05, 3.63) is 12.7 Å². The van der Waals surface area contributed by atoms with Crippen LogP contribution in [0.3, 0.4) is 0 Å². The molecule has 0 bridgehead atoms. The van der Waals surface area contributed by atoms with E-state index in [4.69, 9.17) is 5.11 Å². The molecule has 0 fully saturated rings. The van der Waals surface area contributed by atoms with E-state index in [9.17, 15) is 9.59 Å². The molecule has 0 aliphatic rings. The molecule has 5 heteroatoms. The van der Waals surface area contributed by atoms with E-state index in [1.54, 1.807) is 0 Å². The van der Waals surface area contributed by atoms with E-state index in [-0.39, 0.29) is 20.3 Å². The van der Waals surface area contributed by atoms with Crippen molar-refractivity contribution in [3.8, 4) is 0 Å².